The number of carbonyl (C=O) groups is 2. The number of carboxylic acids is 1. The molecule has 1 atom stereocenters. The first-order chi connectivity index (χ1) is 16.1. The van der Waals surface area contributed by atoms with Crippen LogP contribution in [0.3, 0.4) is 0 Å². The summed E-state index contributed by atoms with van der Waals surface area (Å²) in [6.07, 6.45) is 3.06. The molecule has 1 amide bonds. The predicted molar refractivity (Wildman–Crippen MR) is 126 cm³/mol. The lowest BCUT2D eigenvalue weighted by Gasteiger charge is -2.19. The zero-order chi connectivity index (χ0) is 22.8. The minimum absolute atomic E-state index is 0.0298. The Morgan fingerprint density at radius 1 is 0.939 bits per heavy atom. The number of hydrogen-bond donors (Lipinski definition) is 2. The van der Waals surface area contributed by atoms with Crippen molar-refractivity contribution in [3.8, 4) is 11.1 Å². The molecular weight excluding hydrogens is 414 g/mol. The van der Waals surface area contributed by atoms with Crippen LogP contribution in [0.1, 0.15) is 46.6 Å². The molecule has 2 aliphatic carbocycles. The second-order valence-electron chi connectivity index (χ2n) is 8.93. The van der Waals surface area contributed by atoms with Gasteiger partial charge in [0.25, 0.3) is 0 Å². The van der Waals surface area contributed by atoms with Gasteiger partial charge in [0.15, 0.2) is 0 Å². The zero-order valence-corrected chi connectivity index (χ0v) is 18.4. The Hall–Kier alpha value is -3.60. The summed E-state index contributed by atoms with van der Waals surface area (Å²) in [6.45, 7) is 0.207. The summed E-state index contributed by atoms with van der Waals surface area (Å²) in [5, 5.41) is 12.2. The molecule has 0 bridgehead atoms. The number of benzene rings is 3. The molecule has 0 radical (unpaired) electrons. The molecule has 0 fully saturated rings. The number of aryl methyl sites for hydroxylation is 2. The van der Waals surface area contributed by atoms with Gasteiger partial charge in [-0.15, -0.1) is 0 Å². The summed E-state index contributed by atoms with van der Waals surface area (Å²) in [5.41, 5.74) is 8.38. The van der Waals surface area contributed by atoms with Crippen LogP contribution in [0, 0.1) is 0 Å². The third kappa shape index (κ3) is 4.49. The van der Waals surface area contributed by atoms with Gasteiger partial charge in [-0.3, -0.25) is 4.79 Å². The summed E-state index contributed by atoms with van der Waals surface area (Å²) < 4.78 is 5.62. The Labute approximate surface area is 193 Å². The normalized spacial score (nSPS) is 14.8. The number of nitrogens with one attached hydrogen (secondary N) is 1. The lowest BCUT2D eigenvalue weighted by atomic mass is 9.98. The largest absolute Gasteiger partial charge is 0.481 e. The molecule has 0 aromatic heterocycles. The summed E-state index contributed by atoms with van der Waals surface area (Å²) in [7, 11) is 0. The first-order valence-electron chi connectivity index (χ1n) is 11.5. The molecule has 3 aromatic rings. The van der Waals surface area contributed by atoms with Crippen molar-refractivity contribution in [1.82, 2.24) is 5.32 Å². The first-order valence-corrected chi connectivity index (χ1v) is 11.5. The van der Waals surface area contributed by atoms with E-state index in [-0.39, 0.29) is 18.9 Å². The van der Waals surface area contributed by atoms with Gasteiger partial charge in [-0.25, -0.2) is 4.79 Å². The van der Waals surface area contributed by atoms with Gasteiger partial charge in [0.2, 0.25) is 0 Å². The molecule has 0 saturated heterocycles. The fraction of sp³-hybridized carbons (Fsp3) is 0.286. The third-order valence-electron chi connectivity index (χ3n) is 6.73. The summed E-state index contributed by atoms with van der Waals surface area (Å²) in [4.78, 5) is 24.1. The van der Waals surface area contributed by atoms with Crippen LogP contribution >= 0.6 is 0 Å². The molecule has 168 valence electrons. The number of alkyl carbamates (subject to hydrolysis) is 1. The van der Waals surface area contributed by atoms with Gasteiger partial charge in [-0.05, 0) is 64.6 Å². The number of amides is 1. The minimum atomic E-state index is -0.944. The lowest BCUT2D eigenvalue weighted by molar-refractivity contribution is -0.137. The third-order valence-corrected chi connectivity index (χ3v) is 6.73. The number of carboxylic acid groups (broad SMARTS) is 1. The number of aliphatic carboxylic acids is 1. The second-order valence-corrected chi connectivity index (χ2v) is 8.93. The molecule has 5 rings (SSSR count). The average molecular weight is 442 g/mol. The van der Waals surface area contributed by atoms with Gasteiger partial charge in [-0.2, -0.15) is 0 Å². The SMILES string of the molecule is O=C(O)C[C@@H](Cc1ccc2c(c1)CCC2)NC(=O)OCC1c2ccccc2-c2ccccc21. The van der Waals surface area contributed by atoms with Gasteiger partial charge >= 0.3 is 12.1 Å². The number of carbonyl (C=O) groups excluding carboxylic acids is 1. The van der Waals surface area contributed by atoms with Crippen molar-refractivity contribution in [2.24, 2.45) is 0 Å². The maximum atomic E-state index is 12.7. The molecule has 5 nitrogen and oxygen atoms in total. The maximum Gasteiger partial charge on any atom is 0.407 e. The Bertz CT molecular complexity index is 1160. The molecule has 0 unspecified atom stereocenters. The topological polar surface area (TPSA) is 75.6 Å². The van der Waals surface area contributed by atoms with E-state index in [9.17, 15) is 14.7 Å². The van der Waals surface area contributed by atoms with Crippen LogP contribution in [0.4, 0.5) is 4.79 Å². The molecule has 0 saturated carbocycles. The first kappa shape index (κ1) is 21.3. The van der Waals surface area contributed by atoms with Crippen molar-refractivity contribution < 1.29 is 19.4 Å². The van der Waals surface area contributed by atoms with Gasteiger partial charge in [-0.1, -0.05) is 66.7 Å². The smallest absolute Gasteiger partial charge is 0.407 e. The van der Waals surface area contributed by atoms with Crippen LogP contribution < -0.4 is 5.32 Å². The number of hydrogen-bond acceptors (Lipinski definition) is 3. The van der Waals surface area contributed by atoms with Crippen molar-refractivity contribution in [1.29, 1.82) is 0 Å². The lowest BCUT2D eigenvalue weighted by Crippen LogP contribution is -2.39. The molecule has 0 heterocycles. The summed E-state index contributed by atoms with van der Waals surface area (Å²) >= 11 is 0. The Morgan fingerprint density at radius 3 is 2.30 bits per heavy atom. The highest BCUT2D eigenvalue weighted by Crippen LogP contribution is 2.44. The quantitative estimate of drug-likeness (QED) is 0.535. The minimum Gasteiger partial charge on any atom is -0.481 e. The summed E-state index contributed by atoms with van der Waals surface area (Å²) in [6, 6.07) is 22.1. The Morgan fingerprint density at radius 2 is 1.61 bits per heavy atom. The van der Waals surface area contributed by atoms with Crippen molar-refractivity contribution >= 4 is 12.1 Å². The number of fused-ring (bicyclic) bond motifs is 4. The standard InChI is InChI=1S/C28H27NO4/c30-27(31)16-21(15-18-12-13-19-6-5-7-20(19)14-18)29-28(32)33-17-26-24-10-3-1-8-22(24)23-9-2-4-11-25(23)26/h1-4,8-14,21,26H,5-7,15-17H2,(H,29,32)(H,30,31)/t21-/m1/s1. The van der Waals surface area contributed by atoms with E-state index >= 15 is 0 Å². The van der Waals surface area contributed by atoms with E-state index in [2.05, 4.69) is 41.7 Å². The van der Waals surface area contributed by atoms with E-state index in [1.807, 2.05) is 30.3 Å². The van der Waals surface area contributed by atoms with E-state index in [0.717, 1.165) is 36.0 Å². The van der Waals surface area contributed by atoms with Gasteiger partial charge in [0.1, 0.15) is 6.61 Å². The van der Waals surface area contributed by atoms with Gasteiger partial charge < -0.3 is 15.2 Å². The average Bonchev–Trinajstić information content (AvgIpc) is 3.39. The van der Waals surface area contributed by atoms with Crippen LogP contribution in [0.25, 0.3) is 11.1 Å². The van der Waals surface area contributed by atoms with Crippen molar-refractivity contribution in [2.45, 2.75) is 44.1 Å². The second kappa shape index (κ2) is 9.10. The van der Waals surface area contributed by atoms with Crippen molar-refractivity contribution in [2.75, 3.05) is 6.61 Å². The van der Waals surface area contributed by atoms with E-state index in [4.69, 9.17) is 4.74 Å². The highest BCUT2D eigenvalue weighted by molar-refractivity contribution is 5.79. The van der Waals surface area contributed by atoms with Crippen LogP contribution in [0.5, 0.6) is 0 Å². The molecule has 3 aromatic carbocycles. The summed E-state index contributed by atoms with van der Waals surface area (Å²) in [5.74, 6) is -0.974. The van der Waals surface area contributed by atoms with E-state index in [0.29, 0.717) is 6.42 Å². The van der Waals surface area contributed by atoms with Gasteiger partial charge in [0.05, 0.1) is 6.42 Å². The van der Waals surface area contributed by atoms with E-state index < -0.39 is 18.1 Å². The molecule has 2 aliphatic rings. The molecular formula is C28H27NO4. The predicted octanol–water partition coefficient (Wildman–Crippen LogP) is 5.10. The van der Waals surface area contributed by atoms with Crippen LogP contribution in [0.15, 0.2) is 66.7 Å². The molecule has 0 spiro atoms. The molecule has 0 aliphatic heterocycles. The number of ether oxygens (including phenoxy) is 1. The van der Waals surface area contributed by atoms with E-state index in [1.165, 1.54) is 22.3 Å². The fourth-order valence-corrected chi connectivity index (χ4v) is 5.23. The van der Waals surface area contributed by atoms with Crippen molar-refractivity contribution in [3.05, 3.63) is 94.5 Å². The van der Waals surface area contributed by atoms with Crippen LogP contribution in [-0.2, 0) is 28.8 Å². The van der Waals surface area contributed by atoms with Crippen LogP contribution in [-0.4, -0.2) is 29.8 Å². The highest BCUT2D eigenvalue weighted by atomic mass is 16.5. The maximum absolute atomic E-state index is 12.7. The molecule has 33 heavy (non-hydrogen) atoms. The zero-order valence-electron chi connectivity index (χ0n) is 18.4. The van der Waals surface area contributed by atoms with Crippen molar-refractivity contribution in [3.63, 3.8) is 0 Å². The Balaban J connectivity index is 1.25. The van der Waals surface area contributed by atoms with E-state index in [1.54, 1.807) is 0 Å². The molecule has 5 heteroatoms. The Kier molecular flexibility index (Phi) is 5.86. The monoisotopic (exact) mass is 441 g/mol. The van der Waals surface area contributed by atoms with Crippen LogP contribution in [0.2, 0.25) is 0 Å². The van der Waals surface area contributed by atoms with Gasteiger partial charge in [0, 0.05) is 12.0 Å². The number of rotatable bonds is 7. The fourth-order valence-electron chi connectivity index (χ4n) is 5.23. The molecule has 2 N–H and O–H groups in total. The highest BCUT2D eigenvalue weighted by Gasteiger charge is 2.29.